The van der Waals surface area contributed by atoms with E-state index in [0.29, 0.717) is 6.04 Å². The van der Waals surface area contributed by atoms with Gasteiger partial charge in [0.1, 0.15) is 0 Å². The maximum absolute atomic E-state index is 11.7. The van der Waals surface area contributed by atoms with Crippen molar-refractivity contribution in [2.45, 2.75) is 45.1 Å². The molecule has 1 saturated heterocycles. The van der Waals surface area contributed by atoms with Crippen LogP contribution in [0, 0.1) is 5.92 Å². The Bertz CT molecular complexity index is 446. The monoisotopic (exact) mass is 235 g/mol. The first-order valence-corrected chi connectivity index (χ1v) is 6.82. The molecule has 2 atom stereocenters. The molecule has 0 aromatic carbocycles. The summed E-state index contributed by atoms with van der Waals surface area (Å²) in [4.78, 5) is 14.3. The van der Waals surface area contributed by atoms with E-state index < -0.39 is 0 Å². The predicted octanol–water partition coefficient (Wildman–Crippen LogP) is 1.29. The first-order valence-electron chi connectivity index (χ1n) is 6.82. The second kappa shape index (κ2) is 4.33. The molecule has 0 spiro atoms. The molecule has 1 aromatic heterocycles. The van der Waals surface area contributed by atoms with Gasteiger partial charge in [0.2, 0.25) is 0 Å². The third-order valence-corrected chi connectivity index (χ3v) is 4.39. The number of H-pyrrole nitrogens is 2. The normalized spacial score (nSPS) is 28.8. The molecule has 4 heteroatoms. The van der Waals surface area contributed by atoms with Gasteiger partial charge >= 0.3 is 0 Å². The van der Waals surface area contributed by atoms with Crippen LogP contribution >= 0.6 is 0 Å². The molecule has 1 aliphatic carbocycles. The maximum Gasteiger partial charge on any atom is 0.267 e. The minimum atomic E-state index is 0.0977. The van der Waals surface area contributed by atoms with Gasteiger partial charge in [-0.15, -0.1) is 0 Å². The summed E-state index contributed by atoms with van der Waals surface area (Å²) < 4.78 is 0. The minimum absolute atomic E-state index is 0.0977. The molecule has 17 heavy (non-hydrogen) atoms. The van der Waals surface area contributed by atoms with Crippen molar-refractivity contribution in [3.63, 3.8) is 0 Å². The Labute approximate surface area is 101 Å². The van der Waals surface area contributed by atoms with E-state index >= 15 is 0 Å². The number of hydrogen-bond donors (Lipinski definition) is 2. The van der Waals surface area contributed by atoms with Gasteiger partial charge in [0.15, 0.2) is 0 Å². The molecule has 2 heterocycles. The van der Waals surface area contributed by atoms with Crippen molar-refractivity contribution in [2.75, 3.05) is 13.1 Å². The molecule has 4 nitrogen and oxygen atoms in total. The number of aromatic amines is 2. The molecule has 0 saturated carbocycles. The molecule has 1 aliphatic heterocycles. The van der Waals surface area contributed by atoms with E-state index in [1.54, 1.807) is 0 Å². The van der Waals surface area contributed by atoms with Gasteiger partial charge in [-0.2, -0.15) is 0 Å². The summed E-state index contributed by atoms with van der Waals surface area (Å²) in [5.41, 5.74) is 2.27. The standard InChI is InChI=1S/C13H21N3O/c1-2-5-16-6-3-4-9-7-11-10(8-12(9)16)13(17)15-14-11/h9,12H,2-8H2,1H3,(H2,14,15,17)/t9-,12-/m1/s1. The summed E-state index contributed by atoms with van der Waals surface area (Å²) in [6, 6.07) is 0.605. The SMILES string of the molecule is CCCN1CCC[C@@H]2Cc3[nH][nH]c(=O)c3C[C@H]21. The molecule has 0 radical (unpaired) electrons. The summed E-state index contributed by atoms with van der Waals surface area (Å²) in [6.45, 7) is 4.63. The van der Waals surface area contributed by atoms with Crippen LogP contribution in [0.1, 0.15) is 37.4 Å². The Morgan fingerprint density at radius 1 is 1.35 bits per heavy atom. The molecule has 1 aromatic rings. The molecule has 2 N–H and O–H groups in total. The van der Waals surface area contributed by atoms with Crippen molar-refractivity contribution >= 4 is 0 Å². The van der Waals surface area contributed by atoms with E-state index in [1.807, 2.05) is 0 Å². The number of aromatic nitrogens is 2. The highest BCUT2D eigenvalue weighted by Gasteiger charge is 2.36. The molecule has 1 fully saturated rings. The van der Waals surface area contributed by atoms with Crippen LogP contribution in [-0.2, 0) is 12.8 Å². The van der Waals surface area contributed by atoms with Crippen molar-refractivity contribution in [2.24, 2.45) is 5.92 Å². The first-order chi connectivity index (χ1) is 8.29. The first kappa shape index (κ1) is 11.1. The topological polar surface area (TPSA) is 51.9 Å². The van der Waals surface area contributed by atoms with Crippen LogP contribution in [0.2, 0.25) is 0 Å². The fraction of sp³-hybridized carbons (Fsp3) is 0.769. The predicted molar refractivity (Wildman–Crippen MR) is 67.2 cm³/mol. The molecule has 0 unspecified atom stereocenters. The molecule has 3 rings (SSSR count). The van der Waals surface area contributed by atoms with Crippen LogP contribution in [0.3, 0.4) is 0 Å². The van der Waals surface area contributed by atoms with Gasteiger partial charge < -0.3 is 5.10 Å². The molecular weight excluding hydrogens is 214 g/mol. The minimum Gasteiger partial charge on any atom is -0.302 e. The maximum atomic E-state index is 11.7. The Morgan fingerprint density at radius 2 is 2.24 bits per heavy atom. The quantitative estimate of drug-likeness (QED) is 0.811. The molecule has 94 valence electrons. The fourth-order valence-corrected chi connectivity index (χ4v) is 3.59. The third kappa shape index (κ3) is 1.84. The van der Waals surface area contributed by atoms with Gasteiger partial charge in [-0.05, 0) is 51.1 Å². The zero-order chi connectivity index (χ0) is 11.8. The van der Waals surface area contributed by atoms with Crippen molar-refractivity contribution < 1.29 is 0 Å². The summed E-state index contributed by atoms with van der Waals surface area (Å²) in [7, 11) is 0. The number of nitrogens with zero attached hydrogens (tertiary/aromatic N) is 1. The van der Waals surface area contributed by atoms with Crippen LogP contribution in [0.15, 0.2) is 4.79 Å². The number of hydrogen-bond acceptors (Lipinski definition) is 2. The zero-order valence-corrected chi connectivity index (χ0v) is 10.5. The molecule has 0 amide bonds. The highest BCUT2D eigenvalue weighted by Crippen LogP contribution is 2.33. The van der Waals surface area contributed by atoms with Gasteiger partial charge in [0.05, 0.1) is 0 Å². The number of fused-ring (bicyclic) bond motifs is 2. The van der Waals surface area contributed by atoms with Crippen molar-refractivity contribution in [1.29, 1.82) is 0 Å². The number of likely N-dealkylation sites (tertiary alicyclic amines) is 1. The molecule has 2 aliphatic rings. The second-order valence-corrected chi connectivity index (χ2v) is 5.45. The summed E-state index contributed by atoms with van der Waals surface area (Å²) >= 11 is 0. The smallest absolute Gasteiger partial charge is 0.267 e. The van der Waals surface area contributed by atoms with Gasteiger partial charge in [-0.25, -0.2) is 0 Å². The van der Waals surface area contributed by atoms with Crippen molar-refractivity contribution in [3.8, 4) is 0 Å². The van der Waals surface area contributed by atoms with E-state index in [-0.39, 0.29) is 5.56 Å². The number of piperidine rings is 1. The lowest BCUT2D eigenvalue weighted by Gasteiger charge is -2.43. The zero-order valence-electron chi connectivity index (χ0n) is 10.5. The number of rotatable bonds is 2. The van der Waals surface area contributed by atoms with Crippen LogP contribution in [0.25, 0.3) is 0 Å². The number of nitrogens with one attached hydrogen (secondary N) is 2. The highest BCUT2D eigenvalue weighted by atomic mass is 16.1. The third-order valence-electron chi connectivity index (χ3n) is 4.39. The molecule has 0 bridgehead atoms. The summed E-state index contributed by atoms with van der Waals surface area (Å²) in [6.07, 6.45) is 5.83. The van der Waals surface area contributed by atoms with Crippen LogP contribution in [0.5, 0.6) is 0 Å². The van der Waals surface area contributed by atoms with Gasteiger partial charge in [0.25, 0.3) is 5.56 Å². The highest BCUT2D eigenvalue weighted by molar-refractivity contribution is 5.23. The van der Waals surface area contributed by atoms with Gasteiger partial charge in [-0.1, -0.05) is 6.92 Å². The van der Waals surface area contributed by atoms with Crippen molar-refractivity contribution in [1.82, 2.24) is 15.1 Å². The van der Waals surface area contributed by atoms with Gasteiger partial charge in [0, 0.05) is 17.3 Å². The van der Waals surface area contributed by atoms with Crippen LogP contribution in [-0.4, -0.2) is 34.2 Å². The van der Waals surface area contributed by atoms with E-state index in [1.165, 1.54) is 32.4 Å². The average molecular weight is 235 g/mol. The Hall–Kier alpha value is -1.03. The summed E-state index contributed by atoms with van der Waals surface area (Å²) in [5, 5.41) is 5.79. The lowest BCUT2D eigenvalue weighted by molar-refractivity contribution is 0.0848. The lowest BCUT2D eigenvalue weighted by Crippen LogP contribution is -2.49. The largest absolute Gasteiger partial charge is 0.302 e. The van der Waals surface area contributed by atoms with Crippen molar-refractivity contribution in [3.05, 3.63) is 21.6 Å². The van der Waals surface area contributed by atoms with Crippen LogP contribution in [0.4, 0.5) is 0 Å². The Morgan fingerprint density at radius 3 is 3.06 bits per heavy atom. The second-order valence-electron chi connectivity index (χ2n) is 5.45. The average Bonchev–Trinajstić information content (AvgIpc) is 2.69. The Kier molecular flexibility index (Phi) is 2.82. The summed E-state index contributed by atoms with van der Waals surface area (Å²) in [5.74, 6) is 0.745. The van der Waals surface area contributed by atoms with E-state index in [0.717, 1.165) is 30.0 Å². The lowest BCUT2D eigenvalue weighted by atomic mass is 9.77. The Balaban J connectivity index is 1.87. The van der Waals surface area contributed by atoms with E-state index in [2.05, 4.69) is 22.0 Å². The van der Waals surface area contributed by atoms with Crippen LogP contribution < -0.4 is 5.56 Å². The van der Waals surface area contributed by atoms with Gasteiger partial charge in [-0.3, -0.25) is 14.8 Å². The van der Waals surface area contributed by atoms with E-state index in [9.17, 15) is 4.79 Å². The van der Waals surface area contributed by atoms with E-state index in [4.69, 9.17) is 0 Å². The molecular formula is C13H21N3O. The fourth-order valence-electron chi connectivity index (χ4n) is 3.59.